The van der Waals surface area contributed by atoms with Crippen LogP contribution in [0.4, 0.5) is 26.3 Å². The monoisotopic (exact) mass is 438 g/mol. The first-order valence-corrected chi connectivity index (χ1v) is 8.73. The van der Waals surface area contributed by atoms with Gasteiger partial charge in [0.25, 0.3) is 0 Å². The van der Waals surface area contributed by atoms with Gasteiger partial charge in [-0.3, -0.25) is 4.98 Å². The Morgan fingerprint density at radius 3 is 2.39 bits per heavy atom. The van der Waals surface area contributed by atoms with Crippen LogP contribution in [-0.4, -0.2) is 29.9 Å². The fourth-order valence-corrected chi connectivity index (χ4v) is 3.15. The van der Waals surface area contributed by atoms with Crippen molar-refractivity contribution in [2.24, 2.45) is 0 Å². The predicted octanol–water partition coefficient (Wildman–Crippen LogP) is 4.82. The van der Waals surface area contributed by atoms with Crippen LogP contribution >= 0.6 is 0 Å². The topological polar surface area (TPSA) is 72.3 Å². The van der Waals surface area contributed by atoms with E-state index < -0.39 is 35.6 Å². The zero-order valence-corrected chi connectivity index (χ0v) is 15.4. The van der Waals surface area contributed by atoms with Crippen molar-refractivity contribution < 1.29 is 26.3 Å². The molecule has 0 fully saturated rings. The number of pyridine rings is 1. The van der Waals surface area contributed by atoms with E-state index in [1.165, 1.54) is 29.5 Å². The standard InChI is InChI=1S/C19H12F6N6/c20-18(21,22)13-3-1-2-12(17(13)19(23,24)25)8-31-9-16(27-10-31)14-6-11(4-5-26-14)15-7-28-30-29-15/h1-7,9-10H,8H2,(H,28,29,30). The van der Waals surface area contributed by atoms with Gasteiger partial charge in [0.05, 0.1) is 29.3 Å². The van der Waals surface area contributed by atoms with E-state index in [-0.39, 0.29) is 0 Å². The number of nitrogens with one attached hydrogen (secondary N) is 1. The van der Waals surface area contributed by atoms with E-state index in [4.69, 9.17) is 0 Å². The summed E-state index contributed by atoms with van der Waals surface area (Å²) in [5.74, 6) is 0. The van der Waals surface area contributed by atoms with Crippen molar-refractivity contribution >= 4 is 0 Å². The fraction of sp³-hybridized carbons (Fsp3) is 0.158. The van der Waals surface area contributed by atoms with Crippen molar-refractivity contribution in [1.82, 2.24) is 29.9 Å². The molecule has 4 rings (SSSR count). The predicted molar refractivity (Wildman–Crippen MR) is 96.4 cm³/mol. The Hall–Kier alpha value is -3.70. The largest absolute Gasteiger partial charge is 0.417 e. The molecule has 0 aliphatic rings. The molecule has 0 spiro atoms. The number of H-pyrrole nitrogens is 1. The molecule has 0 amide bonds. The summed E-state index contributed by atoms with van der Waals surface area (Å²) >= 11 is 0. The molecule has 3 heterocycles. The van der Waals surface area contributed by atoms with Gasteiger partial charge in [0.15, 0.2) is 0 Å². The van der Waals surface area contributed by atoms with Crippen molar-refractivity contribution in [3.05, 3.63) is 71.9 Å². The number of hydrogen-bond donors (Lipinski definition) is 1. The number of halogens is 6. The van der Waals surface area contributed by atoms with Crippen LogP contribution in [-0.2, 0) is 18.9 Å². The molecule has 6 nitrogen and oxygen atoms in total. The summed E-state index contributed by atoms with van der Waals surface area (Å²) in [4.78, 5) is 8.30. The minimum absolute atomic E-state index is 0.339. The zero-order valence-electron chi connectivity index (χ0n) is 15.4. The lowest BCUT2D eigenvalue weighted by atomic mass is 9.99. The second-order valence-electron chi connectivity index (χ2n) is 6.55. The Balaban J connectivity index is 1.67. The number of benzene rings is 1. The molecule has 0 radical (unpaired) electrons. The lowest BCUT2D eigenvalue weighted by Crippen LogP contribution is -2.19. The third-order valence-electron chi connectivity index (χ3n) is 4.46. The Kier molecular flexibility index (Phi) is 4.99. The van der Waals surface area contributed by atoms with Crippen molar-refractivity contribution in [3.8, 4) is 22.6 Å². The van der Waals surface area contributed by atoms with Crippen LogP contribution in [0.25, 0.3) is 22.6 Å². The number of hydrogen-bond acceptors (Lipinski definition) is 4. The van der Waals surface area contributed by atoms with Crippen LogP contribution in [0.2, 0.25) is 0 Å². The summed E-state index contributed by atoms with van der Waals surface area (Å²) in [6.45, 7) is -0.450. The minimum atomic E-state index is -5.17. The first kappa shape index (κ1) is 20.6. The lowest BCUT2D eigenvalue weighted by Gasteiger charge is -2.19. The Labute approximate surface area is 170 Å². The van der Waals surface area contributed by atoms with Gasteiger partial charge in [-0.2, -0.15) is 41.8 Å². The SMILES string of the molecule is FC(F)(F)c1cccc(Cn2cnc(-c3cc(-c4cn[nH]n4)ccn3)c2)c1C(F)(F)F. The highest BCUT2D eigenvalue weighted by atomic mass is 19.4. The number of nitrogens with zero attached hydrogens (tertiary/aromatic N) is 5. The van der Waals surface area contributed by atoms with E-state index in [9.17, 15) is 26.3 Å². The molecular formula is C19H12F6N6. The van der Waals surface area contributed by atoms with E-state index in [1.807, 2.05) is 0 Å². The van der Waals surface area contributed by atoms with Gasteiger partial charge < -0.3 is 4.57 Å². The van der Waals surface area contributed by atoms with Crippen LogP contribution in [0.15, 0.2) is 55.2 Å². The molecule has 1 aromatic carbocycles. The number of rotatable bonds is 4. The fourth-order valence-electron chi connectivity index (χ4n) is 3.15. The van der Waals surface area contributed by atoms with Gasteiger partial charge >= 0.3 is 12.4 Å². The van der Waals surface area contributed by atoms with Gasteiger partial charge in [-0.25, -0.2) is 4.98 Å². The molecule has 0 bridgehead atoms. The van der Waals surface area contributed by atoms with E-state index in [2.05, 4.69) is 25.4 Å². The lowest BCUT2D eigenvalue weighted by molar-refractivity contribution is -0.162. The minimum Gasteiger partial charge on any atom is -0.332 e. The van der Waals surface area contributed by atoms with Crippen molar-refractivity contribution in [3.63, 3.8) is 0 Å². The van der Waals surface area contributed by atoms with E-state index in [0.29, 0.717) is 28.7 Å². The van der Waals surface area contributed by atoms with Crippen LogP contribution in [0.1, 0.15) is 16.7 Å². The highest BCUT2D eigenvalue weighted by molar-refractivity contribution is 5.65. The first-order valence-electron chi connectivity index (χ1n) is 8.73. The Morgan fingerprint density at radius 2 is 1.71 bits per heavy atom. The molecule has 0 aliphatic heterocycles. The average molecular weight is 438 g/mol. The van der Waals surface area contributed by atoms with Crippen LogP contribution < -0.4 is 0 Å². The van der Waals surface area contributed by atoms with Gasteiger partial charge in [-0.1, -0.05) is 12.1 Å². The summed E-state index contributed by atoms with van der Waals surface area (Å²) in [6.07, 6.45) is -4.64. The third-order valence-corrected chi connectivity index (χ3v) is 4.46. The molecule has 160 valence electrons. The summed E-state index contributed by atoms with van der Waals surface area (Å²) in [5.41, 5.74) is -1.95. The smallest absolute Gasteiger partial charge is 0.332 e. The van der Waals surface area contributed by atoms with Gasteiger partial charge in [0, 0.05) is 24.5 Å². The molecule has 31 heavy (non-hydrogen) atoms. The highest BCUT2D eigenvalue weighted by Gasteiger charge is 2.44. The maximum absolute atomic E-state index is 13.4. The van der Waals surface area contributed by atoms with Crippen LogP contribution in [0.5, 0.6) is 0 Å². The highest BCUT2D eigenvalue weighted by Crippen LogP contribution is 2.42. The summed E-state index contributed by atoms with van der Waals surface area (Å²) < 4.78 is 81.0. The van der Waals surface area contributed by atoms with E-state index >= 15 is 0 Å². The molecule has 0 unspecified atom stereocenters. The third kappa shape index (κ3) is 4.27. The number of aromatic amines is 1. The number of aromatic nitrogens is 6. The molecule has 0 saturated heterocycles. The molecule has 0 saturated carbocycles. The second kappa shape index (κ2) is 7.52. The molecule has 12 heteroatoms. The second-order valence-corrected chi connectivity index (χ2v) is 6.55. The van der Waals surface area contributed by atoms with Crippen molar-refractivity contribution in [1.29, 1.82) is 0 Å². The molecule has 4 aromatic rings. The van der Waals surface area contributed by atoms with E-state index in [1.54, 1.807) is 12.1 Å². The molecular weight excluding hydrogens is 426 g/mol. The maximum atomic E-state index is 13.4. The molecule has 3 aromatic heterocycles. The number of imidazole rings is 1. The number of alkyl halides is 6. The van der Waals surface area contributed by atoms with Crippen molar-refractivity contribution in [2.75, 3.05) is 0 Å². The Morgan fingerprint density at radius 1 is 0.903 bits per heavy atom. The first-order chi connectivity index (χ1) is 14.6. The van der Waals surface area contributed by atoms with E-state index in [0.717, 1.165) is 12.1 Å². The van der Waals surface area contributed by atoms with Gasteiger partial charge in [-0.05, 0) is 23.8 Å². The van der Waals surface area contributed by atoms with Gasteiger partial charge in [0.2, 0.25) is 0 Å². The van der Waals surface area contributed by atoms with Crippen LogP contribution in [0.3, 0.4) is 0 Å². The Bertz CT molecular complexity index is 1190. The molecule has 1 N–H and O–H groups in total. The van der Waals surface area contributed by atoms with Gasteiger partial charge in [-0.15, -0.1) is 0 Å². The summed E-state index contributed by atoms with van der Waals surface area (Å²) in [7, 11) is 0. The summed E-state index contributed by atoms with van der Waals surface area (Å²) in [5, 5.41) is 10.2. The molecule has 0 aliphatic carbocycles. The molecule has 0 atom stereocenters. The average Bonchev–Trinajstić information content (AvgIpc) is 3.39. The quantitative estimate of drug-likeness (QED) is 0.464. The van der Waals surface area contributed by atoms with Crippen LogP contribution in [0, 0.1) is 0 Å². The van der Waals surface area contributed by atoms with Crippen molar-refractivity contribution in [2.45, 2.75) is 18.9 Å². The summed E-state index contributed by atoms with van der Waals surface area (Å²) in [6, 6.07) is 5.74. The van der Waals surface area contributed by atoms with Gasteiger partial charge in [0.1, 0.15) is 11.4 Å². The zero-order chi connectivity index (χ0) is 22.2. The normalized spacial score (nSPS) is 12.3. The maximum Gasteiger partial charge on any atom is 0.417 e.